The largest absolute Gasteiger partial charge is 0.444 e. The van der Waals surface area contributed by atoms with E-state index < -0.39 is 11.7 Å². The Morgan fingerprint density at radius 2 is 1.42 bits per heavy atom. The Balaban J connectivity index is 1.36. The molecule has 0 bridgehead atoms. The van der Waals surface area contributed by atoms with Crippen molar-refractivity contribution in [2.24, 2.45) is 5.92 Å². The number of carbonyl (C=O) groups excluding carboxylic acids is 2. The van der Waals surface area contributed by atoms with Crippen molar-refractivity contribution in [2.45, 2.75) is 58.7 Å². The molecule has 1 aliphatic heterocycles. The molecule has 0 saturated carbocycles. The predicted molar refractivity (Wildman–Crippen MR) is 131 cm³/mol. The Kier molecular flexibility index (Phi) is 8.61. The number of likely N-dealkylation sites (tertiary alicyclic amines) is 1. The molecule has 2 aromatic rings. The van der Waals surface area contributed by atoms with Crippen LogP contribution in [0.2, 0.25) is 5.02 Å². The summed E-state index contributed by atoms with van der Waals surface area (Å²) in [7, 11) is 0. The first-order chi connectivity index (χ1) is 15.7. The second-order valence-corrected chi connectivity index (χ2v) is 10.0. The molecule has 33 heavy (non-hydrogen) atoms. The molecule has 1 fully saturated rings. The van der Waals surface area contributed by atoms with Gasteiger partial charge in [0.1, 0.15) is 5.60 Å². The lowest BCUT2D eigenvalue weighted by Crippen LogP contribution is -2.44. The van der Waals surface area contributed by atoms with E-state index in [0.717, 1.165) is 48.5 Å². The van der Waals surface area contributed by atoms with Gasteiger partial charge in [-0.15, -0.1) is 0 Å². The van der Waals surface area contributed by atoms with Crippen molar-refractivity contribution in [3.8, 4) is 0 Å². The lowest BCUT2D eigenvalue weighted by Gasteiger charge is -2.32. The number of amides is 3. The number of hydrogen-bond acceptors (Lipinski definition) is 3. The van der Waals surface area contributed by atoms with Crippen LogP contribution in [-0.4, -0.2) is 35.7 Å². The second-order valence-electron chi connectivity index (χ2n) is 9.59. The zero-order valence-corrected chi connectivity index (χ0v) is 20.5. The highest BCUT2D eigenvalue weighted by Gasteiger charge is 2.23. The molecule has 1 saturated heterocycles. The fourth-order valence-corrected chi connectivity index (χ4v) is 3.97. The molecule has 1 heterocycles. The number of benzene rings is 2. The summed E-state index contributed by atoms with van der Waals surface area (Å²) in [4.78, 5) is 26.2. The number of hydrogen-bond donors (Lipinski definition) is 2. The van der Waals surface area contributed by atoms with Crippen molar-refractivity contribution in [1.82, 2.24) is 15.5 Å². The van der Waals surface area contributed by atoms with Gasteiger partial charge in [-0.2, -0.15) is 0 Å². The summed E-state index contributed by atoms with van der Waals surface area (Å²) in [5.41, 5.74) is 2.77. The van der Waals surface area contributed by atoms with E-state index in [9.17, 15) is 9.59 Å². The Bertz CT molecular complexity index is 915. The molecule has 3 amide bonds. The zero-order chi connectivity index (χ0) is 23.8. The molecule has 0 aliphatic carbocycles. The summed E-state index contributed by atoms with van der Waals surface area (Å²) in [6, 6.07) is 15.8. The van der Waals surface area contributed by atoms with E-state index in [2.05, 4.69) is 22.8 Å². The van der Waals surface area contributed by atoms with Crippen molar-refractivity contribution in [3.05, 3.63) is 70.2 Å². The summed E-state index contributed by atoms with van der Waals surface area (Å²) < 4.78 is 5.24. The van der Waals surface area contributed by atoms with Crippen LogP contribution >= 0.6 is 11.6 Å². The monoisotopic (exact) mass is 471 g/mol. The first kappa shape index (κ1) is 24.9. The van der Waals surface area contributed by atoms with Crippen molar-refractivity contribution in [1.29, 1.82) is 0 Å². The maximum atomic E-state index is 12.6. The molecule has 178 valence electrons. The van der Waals surface area contributed by atoms with Crippen LogP contribution < -0.4 is 10.6 Å². The van der Waals surface area contributed by atoms with Gasteiger partial charge in [0.2, 0.25) is 0 Å². The molecule has 0 atom stereocenters. The van der Waals surface area contributed by atoms with E-state index in [1.54, 1.807) is 0 Å². The van der Waals surface area contributed by atoms with E-state index in [0.29, 0.717) is 19.0 Å². The van der Waals surface area contributed by atoms with Gasteiger partial charge >= 0.3 is 12.1 Å². The van der Waals surface area contributed by atoms with E-state index in [4.69, 9.17) is 16.3 Å². The van der Waals surface area contributed by atoms with Crippen molar-refractivity contribution in [3.63, 3.8) is 0 Å². The smallest absolute Gasteiger partial charge is 0.407 e. The van der Waals surface area contributed by atoms with Crippen LogP contribution in [0.3, 0.4) is 0 Å². The average Bonchev–Trinajstić information content (AvgIpc) is 2.78. The van der Waals surface area contributed by atoms with Crippen molar-refractivity contribution < 1.29 is 14.3 Å². The van der Waals surface area contributed by atoms with Crippen LogP contribution in [0.5, 0.6) is 0 Å². The minimum Gasteiger partial charge on any atom is -0.444 e. The van der Waals surface area contributed by atoms with E-state index in [1.165, 1.54) is 5.56 Å². The molecular formula is C26H34ClN3O3. The number of piperidine rings is 1. The minimum atomic E-state index is -0.516. The van der Waals surface area contributed by atoms with Crippen LogP contribution in [0, 0.1) is 5.92 Å². The van der Waals surface area contributed by atoms with Crippen LogP contribution in [0.1, 0.15) is 50.3 Å². The second kappa shape index (κ2) is 11.4. The number of halogens is 1. The maximum Gasteiger partial charge on any atom is 0.407 e. The predicted octanol–water partition coefficient (Wildman–Crippen LogP) is 5.53. The lowest BCUT2D eigenvalue weighted by atomic mass is 9.90. The first-order valence-corrected chi connectivity index (χ1v) is 11.9. The van der Waals surface area contributed by atoms with Gasteiger partial charge in [-0.1, -0.05) is 48.0 Å². The van der Waals surface area contributed by atoms with Gasteiger partial charge in [0, 0.05) is 31.2 Å². The fourth-order valence-electron chi connectivity index (χ4n) is 3.85. The summed E-state index contributed by atoms with van der Waals surface area (Å²) in [5.74, 6) is 0.594. The van der Waals surface area contributed by atoms with Gasteiger partial charge in [0.25, 0.3) is 0 Å². The Labute approximate surface area is 201 Å². The molecule has 7 heteroatoms. The SMILES string of the molecule is CC(C)(C)OC(=O)NCc1ccc(CNC(=O)N2CCC(Cc3ccc(Cl)cc3)CC2)cc1. The number of urea groups is 1. The lowest BCUT2D eigenvalue weighted by molar-refractivity contribution is 0.0523. The van der Waals surface area contributed by atoms with Gasteiger partial charge in [-0.05, 0) is 74.8 Å². The number of rotatable bonds is 6. The van der Waals surface area contributed by atoms with Crippen LogP contribution in [0.25, 0.3) is 0 Å². The number of nitrogens with one attached hydrogen (secondary N) is 2. The first-order valence-electron chi connectivity index (χ1n) is 11.5. The van der Waals surface area contributed by atoms with Gasteiger partial charge in [-0.3, -0.25) is 0 Å². The summed E-state index contributed by atoms with van der Waals surface area (Å²) >= 11 is 5.96. The quantitative estimate of drug-likeness (QED) is 0.582. The highest BCUT2D eigenvalue weighted by molar-refractivity contribution is 6.30. The van der Waals surface area contributed by atoms with Crippen LogP contribution in [-0.2, 0) is 24.2 Å². The Morgan fingerprint density at radius 3 is 1.97 bits per heavy atom. The third-order valence-electron chi connectivity index (χ3n) is 5.64. The van der Waals surface area contributed by atoms with Crippen molar-refractivity contribution in [2.75, 3.05) is 13.1 Å². The van der Waals surface area contributed by atoms with Gasteiger partial charge < -0.3 is 20.3 Å². The standard InChI is InChI=1S/C26H34ClN3O3/c1-26(2,3)33-25(32)29-18-22-6-4-21(5-7-22)17-28-24(31)30-14-12-20(13-15-30)16-19-8-10-23(27)11-9-19/h4-11,20H,12-18H2,1-3H3,(H,28,31)(H,29,32). The molecule has 6 nitrogen and oxygen atoms in total. The third-order valence-corrected chi connectivity index (χ3v) is 5.89. The topological polar surface area (TPSA) is 70.7 Å². The highest BCUT2D eigenvalue weighted by atomic mass is 35.5. The molecule has 0 unspecified atom stereocenters. The highest BCUT2D eigenvalue weighted by Crippen LogP contribution is 2.22. The molecular weight excluding hydrogens is 438 g/mol. The number of ether oxygens (including phenoxy) is 1. The molecule has 0 spiro atoms. The van der Waals surface area contributed by atoms with E-state index in [-0.39, 0.29) is 6.03 Å². The Hall–Kier alpha value is -2.73. The van der Waals surface area contributed by atoms with Crippen LogP contribution in [0.4, 0.5) is 9.59 Å². The summed E-state index contributed by atoms with van der Waals surface area (Å²) in [6.07, 6.45) is 2.61. The fraction of sp³-hybridized carbons (Fsp3) is 0.462. The number of carbonyl (C=O) groups is 2. The maximum absolute atomic E-state index is 12.6. The minimum absolute atomic E-state index is 0.0180. The molecule has 1 aliphatic rings. The third kappa shape index (κ3) is 8.61. The summed E-state index contributed by atoms with van der Waals surface area (Å²) in [5, 5.41) is 6.52. The molecule has 2 aromatic carbocycles. The van der Waals surface area contributed by atoms with E-state index >= 15 is 0 Å². The molecule has 3 rings (SSSR count). The average molecular weight is 472 g/mol. The Morgan fingerprint density at radius 1 is 0.909 bits per heavy atom. The molecule has 0 radical (unpaired) electrons. The van der Waals surface area contributed by atoms with Gasteiger partial charge in [0.15, 0.2) is 0 Å². The van der Waals surface area contributed by atoms with Gasteiger partial charge in [-0.25, -0.2) is 9.59 Å². The summed E-state index contributed by atoms with van der Waals surface area (Å²) in [6.45, 7) is 7.92. The molecule has 0 aromatic heterocycles. The normalized spacial score (nSPS) is 14.6. The van der Waals surface area contributed by atoms with Gasteiger partial charge in [0.05, 0.1) is 0 Å². The van der Waals surface area contributed by atoms with Crippen LogP contribution in [0.15, 0.2) is 48.5 Å². The number of nitrogens with zero attached hydrogens (tertiary/aromatic N) is 1. The zero-order valence-electron chi connectivity index (χ0n) is 19.7. The van der Waals surface area contributed by atoms with Crippen molar-refractivity contribution >= 4 is 23.7 Å². The van der Waals surface area contributed by atoms with E-state index in [1.807, 2.05) is 62.1 Å². The number of alkyl carbamates (subject to hydrolysis) is 1. The molecule has 2 N–H and O–H groups in total.